The first-order valence-electron chi connectivity index (χ1n) is 8.08. The molecule has 1 aromatic carbocycles. The van der Waals surface area contributed by atoms with Gasteiger partial charge in [-0.15, -0.1) is 11.3 Å². The van der Waals surface area contributed by atoms with Crippen LogP contribution in [0.2, 0.25) is 5.02 Å². The minimum absolute atomic E-state index is 0.0300. The number of hydrogen-bond donors (Lipinski definition) is 0. The molecular formula is C17H14ClFN2O3S3. The van der Waals surface area contributed by atoms with Crippen LogP contribution in [0.5, 0.6) is 0 Å². The molecule has 1 aromatic heterocycles. The largest absolute Gasteiger partial charge is 0.316 e. The molecule has 2 aliphatic rings. The summed E-state index contributed by atoms with van der Waals surface area (Å²) in [6.07, 6.45) is 0.188. The van der Waals surface area contributed by atoms with Gasteiger partial charge < -0.3 is 4.90 Å². The fourth-order valence-corrected chi connectivity index (χ4v) is 8.01. The van der Waals surface area contributed by atoms with Crippen LogP contribution in [0, 0.1) is 5.82 Å². The zero-order valence-corrected chi connectivity index (χ0v) is 17.0. The van der Waals surface area contributed by atoms with Gasteiger partial charge in [-0.1, -0.05) is 29.4 Å². The molecule has 0 bridgehead atoms. The quantitative estimate of drug-likeness (QED) is 0.726. The van der Waals surface area contributed by atoms with Crippen LogP contribution in [0.15, 0.2) is 40.7 Å². The van der Waals surface area contributed by atoms with Crippen LogP contribution in [-0.4, -0.2) is 42.3 Å². The van der Waals surface area contributed by atoms with Gasteiger partial charge in [0.15, 0.2) is 15.0 Å². The van der Waals surface area contributed by atoms with Crippen LogP contribution in [0.25, 0.3) is 0 Å². The van der Waals surface area contributed by atoms with E-state index in [0.717, 1.165) is 4.88 Å². The van der Waals surface area contributed by atoms with Gasteiger partial charge in [0.2, 0.25) is 0 Å². The maximum atomic E-state index is 13.6. The highest BCUT2D eigenvalue weighted by Gasteiger charge is 2.49. The summed E-state index contributed by atoms with van der Waals surface area (Å²) in [7, 11) is -3.17. The Morgan fingerprint density at radius 3 is 2.85 bits per heavy atom. The summed E-state index contributed by atoms with van der Waals surface area (Å²) in [4.78, 5) is 19.2. The number of aliphatic imine (C=N–C) groups is 1. The highest BCUT2D eigenvalue weighted by atomic mass is 35.5. The highest BCUT2D eigenvalue weighted by Crippen LogP contribution is 2.41. The van der Waals surface area contributed by atoms with Crippen LogP contribution < -0.4 is 4.90 Å². The fraction of sp³-hybridized carbons (Fsp3) is 0.294. The molecule has 0 saturated carbocycles. The summed E-state index contributed by atoms with van der Waals surface area (Å²) in [6, 6.07) is 7.56. The van der Waals surface area contributed by atoms with Crippen molar-refractivity contribution >= 4 is 61.3 Å². The Morgan fingerprint density at radius 2 is 2.15 bits per heavy atom. The first kappa shape index (κ1) is 18.9. The lowest BCUT2D eigenvalue weighted by molar-refractivity contribution is -0.117. The molecular weight excluding hydrogens is 431 g/mol. The molecule has 5 nitrogen and oxygen atoms in total. The predicted molar refractivity (Wildman–Crippen MR) is 108 cm³/mol. The Labute approximate surface area is 169 Å². The molecule has 0 radical (unpaired) electrons. The maximum absolute atomic E-state index is 13.6. The molecule has 0 aliphatic carbocycles. The molecule has 2 atom stereocenters. The van der Waals surface area contributed by atoms with Gasteiger partial charge in [-0.3, -0.25) is 4.79 Å². The summed E-state index contributed by atoms with van der Waals surface area (Å²) >= 11 is 8.66. The van der Waals surface area contributed by atoms with E-state index < -0.39 is 15.7 Å². The van der Waals surface area contributed by atoms with Gasteiger partial charge in [0, 0.05) is 15.8 Å². The maximum Gasteiger partial charge on any atom is 0.253 e. The van der Waals surface area contributed by atoms with E-state index in [4.69, 9.17) is 11.6 Å². The lowest BCUT2D eigenvalue weighted by atomic mass is 10.2. The van der Waals surface area contributed by atoms with Gasteiger partial charge >= 0.3 is 0 Å². The van der Waals surface area contributed by atoms with Crippen molar-refractivity contribution in [1.29, 1.82) is 0 Å². The van der Waals surface area contributed by atoms with Crippen molar-refractivity contribution in [3.05, 3.63) is 51.4 Å². The number of amides is 1. The van der Waals surface area contributed by atoms with Gasteiger partial charge in [0.05, 0.1) is 29.0 Å². The molecule has 0 unspecified atom stereocenters. The molecule has 2 aliphatic heterocycles. The number of halogens is 2. The van der Waals surface area contributed by atoms with E-state index in [1.54, 1.807) is 4.90 Å². The number of rotatable bonds is 3. The van der Waals surface area contributed by atoms with Crippen molar-refractivity contribution in [1.82, 2.24) is 0 Å². The molecule has 3 heterocycles. The molecule has 4 rings (SSSR count). The van der Waals surface area contributed by atoms with E-state index in [2.05, 4.69) is 4.99 Å². The van der Waals surface area contributed by atoms with Crippen molar-refractivity contribution in [2.45, 2.75) is 17.7 Å². The van der Waals surface area contributed by atoms with Crippen molar-refractivity contribution in [3.63, 3.8) is 0 Å². The Morgan fingerprint density at radius 1 is 1.33 bits per heavy atom. The molecule has 2 saturated heterocycles. The second-order valence-corrected chi connectivity index (χ2v) is 11.1. The van der Waals surface area contributed by atoms with Crippen molar-refractivity contribution in [2.75, 3.05) is 16.4 Å². The van der Waals surface area contributed by atoms with E-state index >= 15 is 0 Å². The number of hydrogen-bond acceptors (Lipinski definition) is 5. The molecule has 27 heavy (non-hydrogen) atoms. The Balaban J connectivity index is 1.68. The standard InChI is InChI=1S/C17H14ClFN2O3S3/c18-12-6-10(3-4-13(12)19)21-14-8-27(23,24)9-15(14)26-17(21)20-16(22)7-11-2-1-5-25-11/h1-6,14-15H,7-9H2/t14-,15-/m1/s1. The summed E-state index contributed by atoms with van der Waals surface area (Å²) in [5.41, 5.74) is 0.529. The molecule has 1 amide bonds. The number of carbonyl (C=O) groups is 1. The third-order valence-corrected chi connectivity index (χ3v) is 8.75. The molecule has 0 spiro atoms. The third kappa shape index (κ3) is 3.91. The van der Waals surface area contributed by atoms with Crippen LogP contribution >= 0.6 is 34.7 Å². The lowest BCUT2D eigenvalue weighted by Gasteiger charge is -2.24. The highest BCUT2D eigenvalue weighted by molar-refractivity contribution is 8.16. The zero-order chi connectivity index (χ0) is 19.2. The number of thiophene rings is 1. The van der Waals surface area contributed by atoms with Gasteiger partial charge in [-0.2, -0.15) is 4.99 Å². The normalized spacial score (nSPS) is 25.1. The first-order valence-corrected chi connectivity index (χ1v) is 12.0. The average molecular weight is 445 g/mol. The number of thioether (sulfide) groups is 1. The van der Waals surface area contributed by atoms with Gasteiger partial charge in [-0.05, 0) is 29.6 Å². The molecule has 2 aromatic rings. The van der Waals surface area contributed by atoms with Gasteiger partial charge in [-0.25, -0.2) is 12.8 Å². The van der Waals surface area contributed by atoms with E-state index in [1.807, 2.05) is 17.5 Å². The van der Waals surface area contributed by atoms with Crippen LogP contribution in [0.3, 0.4) is 0 Å². The monoisotopic (exact) mass is 444 g/mol. The van der Waals surface area contributed by atoms with E-state index in [-0.39, 0.29) is 40.1 Å². The van der Waals surface area contributed by atoms with Gasteiger partial charge in [0.25, 0.3) is 5.91 Å². The topological polar surface area (TPSA) is 66.8 Å². The second kappa shape index (κ2) is 7.20. The fourth-order valence-electron chi connectivity index (χ4n) is 3.21. The number of nitrogens with zero attached hydrogens (tertiary/aromatic N) is 2. The van der Waals surface area contributed by atoms with Crippen molar-refractivity contribution in [2.24, 2.45) is 4.99 Å². The smallest absolute Gasteiger partial charge is 0.253 e. The van der Waals surface area contributed by atoms with E-state index in [9.17, 15) is 17.6 Å². The summed E-state index contributed by atoms with van der Waals surface area (Å²) < 4.78 is 37.7. The van der Waals surface area contributed by atoms with Crippen LogP contribution in [-0.2, 0) is 21.1 Å². The SMILES string of the molecule is O=C(Cc1cccs1)N=C1S[C@@H]2CS(=O)(=O)C[C@H]2N1c1ccc(F)c(Cl)c1. The molecule has 0 N–H and O–H groups in total. The number of anilines is 1. The van der Waals surface area contributed by atoms with Crippen molar-refractivity contribution < 1.29 is 17.6 Å². The minimum atomic E-state index is -3.17. The Kier molecular flexibility index (Phi) is 5.04. The number of benzene rings is 1. The summed E-state index contributed by atoms with van der Waals surface area (Å²) in [5, 5.41) is 2.05. The Bertz CT molecular complexity index is 1020. The third-order valence-electron chi connectivity index (χ3n) is 4.37. The molecule has 2 fully saturated rings. The molecule has 10 heteroatoms. The zero-order valence-electron chi connectivity index (χ0n) is 13.8. The number of carbonyl (C=O) groups excluding carboxylic acids is 1. The van der Waals surface area contributed by atoms with Crippen LogP contribution in [0.4, 0.5) is 10.1 Å². The summed E-state index contributed by atoms with van der Waals surface area (Å²) in [5.74, 6) is -0.861. The molecule has 142 valence electrons. The van der Waals surface area contributed by atoms with Crippen LogP contribution in [0.1, 0.15) is 4.88 Å². The lowest BCUT2D eigenvalue weighted by Crippen LogP contribution is -2.37. The van der Waals surface area contributed by atoms with Crippen molar-refractivity contribution in [3.8, 4) is 0 Å². The predicted octanol–water partition coefficient (Wildman–Crippen LogP) is 3.38. The number of sulfone groups is 1. The summed E-state index contributed by atoms with van der Waals surface area (Å²) in [6.45, 7) is 0. The average Bonchev–Trinajstić information content (AvgIpc) is 3.25. The second-order valence-electron chi connectivity index (χ2n) is 6.31. The number of fused-ring (bicyclic) bond motifs is 1. The Hall–Kier alpha value is -1.42. The van der Waals surface area contributed by atoms with E-state index in [0.29, 0.717) is 10.9 Å². The minimum Gasteiger partial charge on any atom is -0.316 e. The number of amidine groups is 1. The first-order chi connectivity index (χ1) is 12.8. The van der Waals surface area contributed by atoms with E-state index in [1.165, 1.54) is 41.3 Å². The van der Waals surface area contributed by atoms with Gasteiger partial charge in [0.1, 0.15) is 5.82 Å².